The largest absolute Gasteiger partial charge is 0.478 e. The summed E-state index contributed by atoms with van der Waals surface area (Å²) in [5.41, 5.74) is -0.468. The van der Waals surface area contributed by atoms with Crippen LogP contribution >= 0.6 is 0 Å². The molecule has 0 aromatic heterocycles. The molecule has 0 radical (unpaired) electrons. The molecule has 158 valence electrons. The molecule has 0 bridgehead atoms. The number of likely N-dealkylation sites (N-methyl/N-ethyl adjacent to an activating group) is 1. The fraction of sp³-hybridized carbons (Fsp3) is 0.667. The maximum absolute atomic E-state index is 11.9. The molecule has 1 aliphatic heterocycles. The van der Waals surface area contributed by atoms with Crippen LogP contribution in [0.1, 0.15) is 32.6 Å². The maximum atomic E-state index is 11.9. The molecule has 1 saturated heterocycles. The lowest BCUT2D eigenvalue weighted by Gasteiger charge is -2.33. The number of nitrogens with zero attached hydrogens (tertiary/aromatic N) is 2. The Bertz CT molecular complexity index is 593. The smallest absolute Gasteiger partial charge is 0.420 e. The highest BCUT2D eigenvalue weighted by Gasteiger charge is 2.49. The normalized spacial score (nSPS) is 24.1. The number of carboxylic acids is 2. The minimum atomic E-state index is -1.26. The Labute approximate surface area is 163 Å². The Kier molecular flexibility index (Phi) is 8.90. The van der Waals surface area contributed by atoms with Crippen molar-refractivity contribution in [2.24, 2.45) is 5.92 Å². The van der Waals surface area contributed by atoms with Crippen molar-refractivity contribution < 1.29 is 38.9 Å². The van der Waals surface area contributed by atoms with Gasteiger partial charge in [0.1, 0.15) is 12.2 Å². The standard InChI is InChI=1S/C14H24N2O4.C4H4O4/c1-11-4-6-14(7-5-11)10-16(13(18)20-14)12(17)19-9-8-15(2)3;5-3(6)1-2-4(7)8/h11H,4-10H2,1-3H3;1-2H,(H,5,6)(H,7,8)/b;2-1+. The average Bonchev–Trinajstić information content (AvgIpc) is 2.92. The number of aliphatic carboxylic acids is 2. The van der Waals surface area contributed by atoms with E-state index in [1.807, 2.05) is 19.0 Å². The molecule has 10 heteroatoms. The number of carboxylic acid groups (broad SMARTS) is 2. The van der Waals surface area contributed by atoms with Crippen molar-refractivity contribution >= 4 is 24.1 Å². The topological polar surface area (TPSA) is 134 Å². The van der Waals surface area contributed by atoms with Gasteiger partial charge in [0, 0.05) is 18.7 Å². The second kappa shape index (κ2) is 10.6. The first-order chi connectivity index (χ1) is 13.0. The lowest BCUT2D eigenvalue weighted by atomic mass is 9.79. The van der Waals surface area contributed by atoms with Gasteiger partial charge in [0.2, 0.25) is 0 Å². The third-order valence-corrected chi connectivity index (χ3v) is 4.51. The van der Waals surface area contributed by atoms with Gasteiger partial charge in [-0.15, -0.1) is 0 Å². The van der Waals surface area contributed by atoms with E-state index in [9.17, 15) is 19.2 Å². The zero-order valence-electron chi connectivity index (χ0n) is 16.4. The highest BCUT2D eigenvalue weighted by Crippen LogP contribution is 2.39. The SMILES string of the molecule is CC1CCC2(CC1)CN(C(=O)OCCN(C)C)C(=O)O2.O=C(O)/C=C/C(=O)O. The van der Waals surface area contributed by atoms with E-state index in [0.29, 0.717) is 31.2 Å². The fourth-order valence-electron chi connectivity index (χ4n) is 2.85. The van der Waals surface area contributed by atoms with Crippen molar-refractivity contribution in [1.29, 1.82) is 0 Å². The van der Waals surface area contributed by atoms with Gasteiger partial charge in [-0.05, 0) is 45.7 Å². The van der Waals surface area contributed by atoms with Crippen LogP contribution in [0.25, 0.3) is 0 Å². The van der Waals surface area contributed by atoms with E-state index in [0.717, 1.165) is 30.6 Å². The van der Waals surface area contributed by atoms with Crippen LogP contribution in [0.5, 0.6) is 0 Å². The molecule has 0 unspecified atom stereocenters. The molecule has 2 rings (SSSR count). The molecule has 1 spiro atoms. The fourth-order valence-corrected chi connectivity index (χ4v) is 2.85. The van der Waals surface area contributed by atoms with E-state index < -0.39 is 29.7 Å². The van der Waals surface area contributed by atoms with Crippen LogP contribution in [-0.4, -0.2) is 83.5 Å². The van der Waals surface area contributed by atoms with Crippen LogP contribution in [0, 0.1) is 5.92 Å². The molecule has 10 nitrogen and oxygen atoms in total. The molecule has 0 aromatic carbocycles. The molecular weight excluding hydrogens is 372 g/mol. The summed E-state index contributed by atoms with van der Waals surface area (Å²) in [5.74, 6) is -1.85. The predicted molar refractivity (Wildman–Crippen MR) is 97.9 cm³/mol. The van der Waals surface area contributed by atoms with E-state index >= 15 is 0 Å². The van der Waals surface area contributed by atoms with Crippen LogP contribution in [-0.2, 0) is 19.1 Å². The minimum Gasteiger partial charge on any atom is -0.478 e. The van der Waals surface area contributed by atoms with Gasteiger partial charge in [0.15, 0.2) is 0 Å². The first-order valence-electron chi connectivity index (χ1n) is 9.00. The van der Waals surface area contributed by atoms with Crippen molar-refractivity contribution in [1.82, 2.24) is 9.80 Å². The van der Waals surface area contributed by atoms with Gasteiger partial charge in [0.25, 0.3) is 0 Å². The Morgan fingerprint density at radius 1 is 1.21 bits per heavy atom. The molecule has 0 aromatic rings. The summed E-state index contributed by atoms with van der Waals surface area (Å²) in [6.45, 7) is 3.45. The molecule has 2 fully saturated rings. The average molecular weight is 400 g/mol. The van der Waals surface area contributed by atoms with E-state index in [4.69, 9.17) is 19.7 Å². The van der Waals surface area contributed by atoms with Gasteiger partial charge >= 0.3 is 24.1 Å². The number of rotatable bonds is 5. The Hall–Kier alpha value is -2.62. The molecule has 28 heavy (non-hydrogen) atoms. The summed E-state index contributed by atoms with van der Waals surface area (Å²) in [7, 11) is 3.80. The van der Waals surface area contributed by atoms with Gasteiger partial charge < -0.3 is 24.6 Å². The van der Waals surface area contributed by atoms with Gasteiger partial charge in [-0.3, -0.25) is 0 Å². The van der Waals surface area contributed by atoms with Crippen LogP contribution in [0.2, 0.25) is 0 Å². The molecular formula is C18H28N2O8. The first-order valence-corrected chi connectivity index (χ1v) is 9.00. The number of carbonyl (C=O) groups excluding carboxylic acids is 2. The predicted octanol–water partition coefficient (Wildman–Crippen LogP) is 1.80. The third kappa shape index (κ3) is 7.95. The summed E-state index contributed by atoms with van der Waals surface area (Å²) in [5, 5.41) is 15.6. The lowest BCUT2D eigenvalue weighted by Crippen LogP contribution is -2.40. The Morgan fingerprint density at radius 2 is 1.75 bits per heavy atom. The van der Waals surface area contributed by atoms with Crippen molar-refractivity contribution in [3.63, 3.8) is 0 Å². The zero-order valence-corrected chi connectivity index (χ0v) is 16.4. The summed E-state index contributed by atoms with van der Waals surface area (Å²) in [6.07, 6.45) is 3.71. The summed E-state index contributed by atoms with van der Waals surface area (Å²) < 4.78 is 10.6. The van der Waals surface area contributed by atoms with E-state index in [1.165, 1.54) is 0 Å². The number of hydrogen-bond acceptors (Lipinski definition) is 7. The maximum Gasteiger partial charge on any atom is 0.420 e. The quantitative estimate of drug-likeness (QED) is 0.662. The first kappa shape index (κ1) is 23.4. The van der Waals surface area contributed by atoms with Crippen molar-refractivity contribution in [2.45, 2.75) is 38.2 Å². The minimum absolute atomic E-state index is 0.277. The second-order valence-corrected chi connectivity index (χ2v) is 7.25. The summed E-state index contributed by atoms with van der Waals surface area (Å²) in [4.78, 5) is 45.9. The molecule has 2 N–H and O–H groups in total. The van der Waals surface area contributed by atoms with E-state index in [1.54, 1.807) is 0 Å². The third-order valence-electron chi connectivity index (χ3n) is 4.51. The Balaban J connectivity index is 0.000000416. The van der Waals surface area contributed by atoms with Gasteiger partial charge in [0.05, 0.1) is 6.54 Å². The van der Waals surface area contributed by atoms with E-state index in [2.05, 4.69) is 6.92 Å². The molecule has 2 amide bonds. The Morgan fingerprint density at radius 3 is 2.21 bits per heavy atom. The van der Waals surface area contributed by atoms with Crippen LogP contribution in [0.3, 0.4) is 0 Å². The molecule has 2 aliphatic rings. The number of imide groups is 1. The van der Waals surface area contributed by atoms with E-state index in [-0.39, 0.29) is 6.61 Å². The number of amides is 2. The van der Waals surface area contributed by atoms with Gasteiger partial charge in [-0.25, -0.2) is 24.1 Å². The zero-order chi connectivity index (χ0) is 21.3. The van der Waals surface area contributed by atoms with Crippen molar-refractivity contribution in [3.8, 4) is 0 Å². The molecule has 1 aliphatic carbocycles. The highest BCUT2D eigenvalue weighted by molar-refractivity contribution is 5.90. The second-order valence-electron chi connectivity index (χ2n) is 7.25. The van der Waals surface area contributed by atoms with Crippen molar-refractivity contribution in [3.05, 3.63) is 12.2 Å². The molecule has 1 heterocycles. The monoisotopic (exact) mass is 400 g/mol. The van der Waals surface area contributed by atoms with Crippen LogP contribution in [0.4, 0.5) is 9.59 Å². The molecule has 1 saturated carbocycles. The number of ether oxygens (including phenoxy) is 2. The van der Waals surface area contributed by atoms with Crippen molar-refractivity contribution in [2.75, 3.05) is 33.8 Å². The van der Waals surface area contributed by atoms with Crippen LogP contribution in [0.15, 0.2) is 12.2 Å². The highest BCUT2D eigenvalue weighted by atomic mass is 16.6. The van der Waals surface area contributed by atoms with Crippen LogP contribution < -0.4 is 0 Å². The van der Waals surface area contributed by atoms with Gasteiger partial charge in [-0.1, -0.05) is 6.92 Å². The number of carbonyl (C=O) groups is 4. The summed E-state index contributed by atoms with van der Waals surface area (Å²) >= 11 is 0. The summed E-state index contributed by atoms with van der Waals surface area (Å²) in [6, 6.07) is 0. The molecule has 0 atom stereocenters. The van der Waals surface area contributed by atoms with Gasteiger partial charge in [-0.2, -0.15) is 0 Å². The lowest BCUT2D eigenvalue weighted by molar-refractivity contribution is -0.134. The number of hydrogen-bond donors (Lipinski definition) is 2.